The zero-order chi connectivity index (χ0) is 14.0. The lowest BCUT2D eigenvalue weighted by molar-refractivity contribution is 0.580. The Kier molecular flexibility index (Phi) is 4.19. The summed E-state index contributed by atoms with van der Waals surface area (Å²) in [7, 11) is 1.84. The third-order valence-electron chi connectivity index (χ3n) is 2.81. The Labute approximate surface area is 118 Å². The van der Waals surface area contributed by atoms with E-state index >= 15 is 0 Å². The largest absolute Gasteiger partial charge is 0.378 e. The number of aryl methyl sites for hydroxylation is 2. The van der Waals surface area contributed by atoms with Gasteiger partial charge >= 0.3 is 0 Å². The van der Waals surface area contributed by atoms with Crippen molar-refractivity contribution >= 4 is 21.6 Å². The Balaban J connectivity index is 2.16. The van der Waals surface area contributed by atoms with Crippen molar-refractivity contribution in [1.29, 1.82) is 0 Å². The number of rotatable bonds is 4. The number of halogens is 3. The van der Waals surface area contributed by atoms with Crippen LogP contribution in [0.25, 0.3) is 0 Å². The minimum absolute atomic E-state index is 0.235. The maximum absolute atomic E-state index is 13.6. The molecule has 0 saturated heterocycles. The molecule has 0 saturated carbocycles. The maximum atomic E-state index is 13.6. The van der Waals surface area contributed by atoms with Gasteiger partial charge in [0.05, 0.1) is 15.9 Å². The number of benzene rings is 1. The number of nitrogens with zero attached hydrogens (tertiary/aromatic N) is 2. The van der Waals surface area contributed by atoms with E-state index in [1.54, 1.807) is 4.68 Å². The van der Waals surface area contributed by atoms with Crippen molar-refractivity contribution in [2.24, 2.45) is 7.05 Å². The van der Waals surface area contributed by atoms with Gasteiger partial charge < -0.3 is 5.32 Å². The first-order valence-corrected chi connectivity index (χ1v) is 6.70. The molecular weight excluding hydrogens is 316 g/mol. The molecule has 0 bridgehead atoms. The maximum Gasteiger partial charge on any atom is 0.149 e. The molecule has 0 aliphatic carbocycles. The van der Waals surface area contributed by atoms with Gasteiger partial charge in [0.2, 0.25) is 0 Å². The van der Waals surface area contributed by atoms with Crippen LogP contribution in [-0.4, -0.2) is 9.78 Å². The molecule has 0 spiro atoms. The van der Waals surface area contributed by atoms with Gasteiger partial charge in [-0.1, -0.05) is 6.92 Å². The molecule has 6 heteroatoms. The summed E-state index contributed by atoms with van der Waals surface area (Å²) in [5.74, 6) is -1.22. The standard InChI is InChI=1S/C13H14BrF2N3/c1-3-12-8(7-19(2)18-12)6-17-13-4-9(14)10(15)5-11(13)16/h4-5,7,17H,3,6H2,1-2H3. The molecule has 1 aromatic carbocycles. The summed E-state index contributed by atoms with van der Waals surface area (Å²) in [5.41, 5.74) is 2.24. The van der Waals surface area contributed by atoms with E-state index in [1.807, 2.05) is 20.2 Å². The molecular formula is C13H14BrF2N3. The van der Waals surface area contributed by atoms with Crippen LogP contribution in [0.4, 0.5) is 14.5 Å². The molecule has 102 valence electrons. The van der Waals surface area contributed by atoms with Crippen LogP contribution < -0.4 is 5.32 Å². The highest BCUT2D eigenvalue weighted by atomic mass is 79.9. The first kappa shape index (κ1) is 14.0. The average molecular weight is 330 g/mol. The summed E-state index contributed by atoms with van der Waals surface area (Å²) in [6, 6.07) is 2.25. The fourth-order valence-electron chi connectivity index (χ4n) is 1.88. The lowest BCUT2D eigenvalue weighted by Crippen LogP contribution is -2.03. The van der Waals surface area contributed by atoms with E-state index in [4.69, 9.17) is 0 Å². The lowest BCUT2D eigenvalue weighted by atomic mass is 10.2. The minimum atomic E-state index is -0.612. The first-order chi connectivity index (χ1) is 9.01. The van der Waals surface area contributed by atoms with Crippen molar-refractivity contribution in [3.63, 3.8) is 0 Å². The zero-order valence-corrected chi connectivity index (χ0v) is 12.3. The van der Waals surface area contributed by atoms with Crippen molar-refractivity contribution < 1.29 is 8.78 Å². The highest BCUT2D eigenvalue weighted by Gasteiger charge is 2.10. The molecule has 1 heterocycles. The zero-order valence-electron chi connectivity index (χ0n) is 10.7. The van der Waals surface area contributed by atoms with Crippen molar-refractivity contribution in [3.8, 4) is 0 Å². The Morgan fingerprint density at radius 3 is 2.74 bits per heavy atom. The average Bonchev–Trinajstić information content (AvgIpc) is 2.72. The van der Waals surface area contributed by atoms with E-state index in [0.29, 0.717) is 6.54 Å². The van der Waals surface area contributed by atoms with Crippen molar-refractivity contribution in [1.82, 2.24) is 9.78 Å². The molecule has 1 N–H and O–H groups in total. The van der Waals surface area contributed by atoms with E-state index in [0.717, 1.165) is 23.7 Å². The van der Waals surface area contributed by atoms with Gasteiger partial charge in [0, 0.05) is 31.4 Å². The second-order valence-corrected chi connectivity index (χ2v) is 5.08. The van der Waals surface area contributed by atoms with Crippen LogP contribution >= 0.6 is 15.9 Å². The quantitative estimate of drug-likeness (QED) is 0.868. The van der Waals surface area contributed by atoms with Gasteiger partial charge in [0.15, 0.2) is 0 Å². The highest BCUT2D eigenvalue weighted by Crippen LogP contribution is 2.24. The molecule has 0 amide bonds. The van der Waals surface area contributed by atoms with Gasteiger partial charge in [-0.3, -0.25) is 4.68 Å². The number of nitrogens with one attached hydrogen (secondary N) is 1. The van der Waals surface area contributed by atoms with Crippen molar-refractivity contribution in [2.45, 2.75) is 19.9 Å². The van der Waals surface area contributed by atoms with Gasteiger partial charge in [-0.25, -0.2) is 8.78 Å². The van der Waals surface area contributed by atoms with Crippen LogP contribution in [0.1, 0.15) is 18.2 Å². The number of hydrogen-bond acceptors (Lipinski definition) is 2. The predicted octanol–water partition coefficient (Wildman–Crippen LogP) is 3.64. The molecule has 0 fully saturated rings. The third-order valence-corrected chi connectivity index (χ3v) is 3.41. The van der Waals surface area contributed by atoms with Crippen LogP contribution in [0.5, 0.6) is 0 Å². The Bertz CT molecular complexity index is 596. The third kappa shape index (κ3) is 3.12. The summed E-state index contributed by atoms with van der Waals surface area (Å²) >= 11 is 3.04. The molecule has 1 aromatic heterocycles. The number of hydrogen-bond donors (Lipinski definition) is 1. The predicted molar refractivity (Wildman–Crippen MR) is 74.0 cm³/mol. The second-order valence-electron chi connectivity index (χ2n) is 4.23. The van der Waals surface area contributed by atoms with Crippen LogP contribution in [0, 0.1) is 11.6 Å². The van der Waals surface area contributed by atoms with E-state index in [9.17, 15) is 8.78 Å². The Morgan fingerprint density at radius 2 is 2.05 bits per heavy atom. The van der Waals surface area contributed by atoms with Crippen LogP contribution in [0.15, 0.2) is 22.8 Å². The van der Waals surface area contributed by atoms with Crippen molar-refractivity contribution in [3.05, 3.63) is 45.7 Å². The molecule has 0 radical (unpaired) electrons. The number of aromatic nitrogens is 2. The van der Waals surface area contributed by atoms with E-state index < -0.39 is 11.6 Å². The van der Waals surface area contributed by atoms with E-state index in [1.165, 1.54) is 6.07 Å². The normalized spacial score (nSPS) is 10.8. The Hall–Kier alpha value is -1.43. The molecule has 0 aliphatic heterocycles. The summed E-state index contributed by atoms with van der Waals surface area (Å²) < 4.78 is 28.7. The second kappa shape index (κ2) is 5.69. The topological polar surface area (TPSA) is 29.9 Å². The van der Waals surface area contributed by atoms with Crippen LogP contribution in [0.3, 0.4) is 0 Å². The molecule has 2 aromatic rings. The van der Waals surface area contributed by atoms with Crippen LogP contribution in [-0.2, 0) is 20.0 Å². The SMILES string of the molecule is CCc1nn(C)cc1CNc1cc(Br)c(F)cc1F. The van der Waals surface area contributed by atoms with Gasteiger partial charge in [-0.05, 0) is 28.4 Å². The van der Waals surface area contributed by atoms with Gasteiger partial charge in [-0.2, -0.15) is 5.10 Å². The molecule has 0 atom stereocenters. The molecule has 0 unspecified atom stereocenters. The van der Waals surface area contributed by atoms with Gasteiger partial charge in [0.1, 0.15) is 11.6 Å². The fourth-order valence-corrected chi connectivity index (χ4v) is 2.22. The first-order valence-electron chi connectivity index (χ1n) is 5.91. The molecule has 3 nitrogen and oxygen atoms in total. The highest BCUT2D eigenvalue weighted by molar-refractivity contribution is 9.10. The van der Waals surface area contributed by atoms with Gasteiger partial charge in [0.25, 0.3) is 0 Å². The van der Waals surface area contributed by atoms with Crippen molar-refractivity contribution in [2.75, 3.05) is 5.32 Å². The fraction of sp³-hybridized carbons (Fsp3) is 0.308. The summed E-state index contributed by atoms with van der Waals surface area (Å²) in [4.78, 5) is 0. The molecule has 19 heavy (non-hydrogen) atoms. The Morgan fingerprint density at radius 1 is 1.32 bits per heavy atom. The van der Waals surface area contributed by atoms with Gasteiger partial charge in [-0.15, -0.1) is 0 Å². The van der Waals surface area contributed by atoms with E-state index in [-0.39, 0.29) is 10.2 Å². The molecule has 0 aliphatic rings. The number of anilines is 1. The smallest absolute Gasteiger partial charge is 0.149 e. The van der Waals surface area contributed by atoms with E-state index in [2.05, 4.69) is 26.3 Å². The minimum Gasteiger partial charge on any atom is -0.378 e. The van der Waals surface area contributed by atoms with Crippen LogP contribution in [0.2, 0.25) is 0 Å². The summed E-state index contributed by atoms with van der Waals surface area (Å²) in [5, 5.41) is 7.27. The molecule has 2 rings (SSSR count). The summed E-state index contributed by atoms with van der Waals surface area (Å²) in [6.07, 6.45) is 2.70. The summed E-state index contributed by atoms with van der Waals surface area (Å²) in [6.45, 7) is 2.47. The monoisotopic (exact) mass is 329 g/mol. The lowest BCUT2D eigenvalue weighted by Gasteiger charge is -2.08.